The molecular weight excluding hydrogens is 358 g/mol. The summed E-state index contributed by atoms with van der Waals surface area (Å²) in [4.78, 5) is 17.3. The lowest BCUT2D eigenvalue weighted by molar-refractivity contribution is -0.125. The van der Waals surface area contributed by atoms with Gasteiger partial charge in [0.1, 0.15) is 5.82 Å². The molecule has 1 heterocycles. The van der Waals surface area contributed by atoms with Crippen molar-refractivity contribution in [2.24, 2.45) is 5.92 Å². The lowest BCUT2D eigenvalue weighted by Crippen LogP contribution is -2.33. The first-order valence-electron chi connectivity index (χ1n) is 10.7. The summed E-state index contributed by atoms with van der Waals surface area (Å²) in [5.41, 5.74) is 3.34. The van der Waals surface area contributed by atoms with Crippen molar-refractivity contribution < 1.29 is 4.79 Å². The molecule has 1 fully saturated rings. The molecule has 0 atom stereocenters. The number of amides is 1. The third-order valence-electron chi connectivity index (χ3n) is 5.76. The second kappa shape index (κ2) is 9.55. The van der Waals surface area contributed by atoms with Crippen molar-refractivity contribution in [2.75, 3.05) is 6.54 Å². The van der Waals surface area contributed by atoms with Gasteiger partial charge in [0.15, 0.2) is 0 Å². The standard InChI is InChI=1S/C25H29N3O/c29-25(21-13-5-2-6-14-21)26-18-17-24-27-22-15-7-8-16-23(22)28(24)19-9-12-20-10-3-1-4-11-20/h1,3-4,7-12,15-16,21H,2,5-6,13-14,17-19H2,(H,26,29)/b12-9-. The average molecular weight is 388 g/mol. The number of benzene rings is 2. The van der Waals surface area contributed by atoms with Gasteiger partial charge in [0.2, 0.25) is 5.91 Å². The van der Waals surface area contributed by atoms with E-state index < -0.39 is 0 Å². The summed E-state index contributed by atoms with van der Waals surface area (Å²) in [7, 11) is 0. The van der Waals surface area contributed by atoms with Crippen molar-refractivity contribution in [2.45, 2.75) is 45.1 Å². The number of hydrogen-bond donors (Lipinski definition) is 1. The summed E-state index contributed by atoms with van der Waals surface area (Å²) in [6, 6.07) is 18.6. The molecule has 4 rings (SSSR count). The molecule has 4 heteroatoms. The predicted octanol–water partition coefficient (Wildman–Crippen LogP) is 4.99. The Balaban J connectivity index is 1.43. The highest BCUT2D eigenvalue weighted by molar-refractivity contribution is 5.79. The van der Waals surface area contributed by atoms with E-state index in [9.17, 15) is 4.79 Å². The van der Waals surface area contributed by atoms with Crippen LogP contribution in [0.1, 0.15) is 43.5 Å². The van der Waals surface area contributed by atoms with Crippen LogP contribution < -0.4 is 5.32 Å². The number of para-hydroxylation sites is 2. The van der Waals surface area contributed by atoms with Gasteiger partial charge in [-0.15, -0.1) is 0 Å². The Bertz CT molecular complexity index is 968. The lowest BCUT2D eigenvalue weighted by Gasteiger charge is -2.20. The van der Waals surface area contributed by atoms with Gasteiger partial charge >= 0.3 is 0 Å². The van der Waals surface area contributed by atoms with Gasteiger partial charge in [-0.05, 0) is 30.5 Å². The fourth-order valence-corrected chi connectivity index (χ4v) is 4.18. The monoisotopic (exact) mass is 387 g/mol. The van der Waals surface area contributed by atoms with Gasteiger partial charge in [-0.1, -0.05) is 73.9 Å². The van der Waals surface area contributed by atoms with E-state index in [2.05, 4.69) is 52.4 Å². The molecule has 0 unspecified atom stereocenters. The summed E-state index contributed by atoms with van der Waals surface area (Å²) in [6.45, 7) is 1.41. The summed E-state index contributed by atoms with van der Waals surface area (Å²) >= 11 is 0. The molecule has 1 aromatic heterocycles. The number of rotatable bonds is 7. The maximum absolute atomic E-state index is 12.4. The van der Waals surface area contributed by atoms with Gasteiger partial charge in [0, 0.05) is 25.4 Å². The molecule has 150 valence electrons. The van der Waals surface area contributed by atoms with Crippen LogP contribution in [-0.4, -0.2) is 22.0 Å². The highest BCUT2D eigenvalue weighted by Crippen LogP contribution is 2.23. The van der Waals surface area contributed by atoms with Crippen LogP contribution in [-0.2, 0) is 17.8 Å². The molecule has 29 heavy (non-hydrogen) atoms. The van der Waals surface area contributed by atoms with Crippen molar-refractivity contribution in [3.8, 4) is 0 Å². The van der Waals surface area contributed by atoms with E-state index in [4.69, 9.17) is 4.98 Å². The third-order valence-corrected chi connectivity index (χ3v) is 5.76. The number of aromatic nitrogens is 2. The number of carbonyl (C=O) groups is 1. The second-order valence-electron chi connectivity index (χ2n) is 7.82. The van der Waals surface area contributed by atoms with E-state index in [1.807, 2.05) is 24.3 Å². The number of fused-ring (bicyclic) bond motifs is 1. The Labute approximate surface area is 172 Å². The average Bonchev–Trinajstić information content (AvgIpc) is 3.12. The molecule has 1 aliphatic carbocycles. The number of imidazole rings is 1. The van der Waals surface area contributed by atoms with E-state index in [1.165, 1.54) is 24.8 Å². The van der Waals surface area contributed by atoms with Crippen LogP contribution >= 0.6 is 0 Å². The third kappa shape index (κ3) is 4.94. The number of carbonyl (C=O) groups excluding carboxylic acids is 1. The van der Waals surface area contributed by atoms with E-state index in [1.54, 1.807) is 0 Å². The zero-order valence-corrected chi connectivity index (χ0v) is 16.9. The second-order valence-corrected chi connectivity index (χ2v) is 7.82. The van der Waals surface area contributed by atoms with Crippen LogP contribution in [0.3, 0.4) is 0 Å². The number of nitrogens with zero attached hydrogens (tertiary/aromatic N) is 2. The Morgan fingerprint density at radius 2 is 1.79 bits per heavy atom. The number of allylic oxidation sites excluding steroid dienone is 1. The van der Waals surface area contributed by atoms with Crippen molar-refractivity contribution in [3.63, 3.8) is 0 Å². The molecular formula is C25H29N3O. The van der Waals surface area contributed by atoms with Gasteiger partial charge in [0.05, 0.1) is 11.0 Å². The molecule has 3 aromatic rings. The van der Waals surface area contributed by atoms with Gasteiger partial charge in [0.25, 0.3) is 0 Å². The summed E-state index contributed by atoms with van der Waals surface area (Å²) in [5.74, 6) is 1.44. The zero-order chi connectivity index (χ0) is 19.9. The van der Waals surface area contributed by atoms with Gasteiger partial charge in [-0.25, -0.2) is 4.98 Å². The number of nitrogens with one attached hydrogen (secondary N) is 1. The van der Waals surface area contributed by atoms with Crippen LogP contribution in [0.5, 0.6) is 0 Å². The van der Waals surface area contributed by atoms with E-state index >= 15 is 0 Å². The quantitative estimate of drug-likeness (QED) is 0.621. The lowest BCUT2D eigenvalue weighted by atomic mass is 9.89. The first-order valence-corrected chi connectivity index (χ1v) is 10.7. The fraction of sp³-hybridized carbons (Fsp3) is 0.360. The zero-order valence-electron chi connectivity index (χ0n) is 16.9. The SMILES string of the molecule is O=C(NCCc1nc2ccccc2n1C/C=C\c1ccccc1)C1CCCCC1. The molecule has 4 nitrogen and oxygen atoms in total. The predicted molar refractivity (Wildman–Crippen MR) is 118 cm³/mol. The maximum Gasteiger partial charge on any atom is 0.223 e. The van der Waals surface area contributed by atoms with Gasteiger partial charge < -0.3 is 9.88 Å². The summed E-state index contributed by atoms with van der Waals surface area (Å²) in [5, 5.41) is 3.14. The molecule has 0 saturated heterocycles. The fourth-order valence-electron chi connectivity index (χ4n) is 4.18. The largest absolute Gasteiger partial charge is 0.355 e. The summed E-state index contributed by atoms with van der Waals surface area (Å²) in [6.07, 6.45) is 10.8. The van der Waals surface area contributed by atoms with Crippen molar-refractivity contribution in [1.82, 2.24) is 14.9 Å². The highest BCUT2D eigenvalue weighted by Gasteiger charge is 2.20. The van der Waals surface area contributed by atoms with Crippen molar-refractivity contribution in [1.29, 1.82) is 0 Å². The molecule has 0 radical (unpaired) electrons. The van der Waals surface area contributed by atoms with Crippen LogP contribution in [0.2, 0.25) is 0 Å². The van der Waals surface area contributed by atoms with Crippen LogP contribution in [0.4, 0.5) is 0 Å². The van der Waals surface area contributed by atoms with Gasteiger partial charge in [-0.3, -0.25) is 4.79 Å². The molecule has 1 aliphatic rings. The minimum absolute atomic E-state index is 0.205. The molecule has 1 amide bonds. The summed E-state index contributed by atoms with van der Waals surface area (Å²) < 4.78 is 2.25. The normalized spacial score (nSPS) is 15.2. The molecule has 2 aromatic carbocycles. The van der Waals surface area contributed by atoms with E-state index in [0.29, 0.717) is 6.54 Å². The number of hydrogen-bond acceptors (Lipinski definition) is 2. The Hall–Kier alpha value is -2.88. The van der Waals surface area contributed by atoms with Gasteiger partial charge in [-0.2, -0.15) is 0 Å². The Morgan fingerprint density at radius 1 is 1.03 bits per heavy atom. The van der Waals surface area contributed by atoms with Crippen molar-refractivity contribution >= 4 is 23.0 Å². The molecule has 1 saturated carbocycles. The molecule has 0 spiro atoms. The first kappa shape index (κ1) is 19.4. The topological polar surface area (TPSA) is 46.9 Å². The minimum atomic E-state index is 0.205. The molecule has 0 bridgehead atoms. The smallest absolute Gasteiger partial charge is 0.223 e. The van der Waals surface area contributed by atoms with E-state index in [-0.39, 0.29) is 11.8 Å². The van der Waals surface area contributed by atoms with E-state index in [0.717, 1.165) is 42.7 Å². The highest BCUT2D eigenvalue weighted by atomic mass is 16.1. The van der Waals surface area contributed by atoms with Crippen LogP contribution in [0.15, 0.2) is 60.7 Å². The van der Waals surface area contributed by atoms with Crippen molar-refractivity contribution in [3.05, 3.63) is 72.1 Å². The molecule has 0 aliphatic heterocycles. The Kier molecular flexibility index (Phi) is 6.40. The first-order chi connectivity index (χ1) is 14.3. The maximum atomic E-state index is 12.4. The van der Waals surface area contributed by atoms with Crippen LogP contribution in [0, 0.1) is 5.92 Å². The van der Waals surface area contributed by atoms with Crippen LogP contribution in [0.25, 0.3) is 17.1 Å². The molecule has 1 N–H and O–H groups in total. The Morgan fingerprint density at radius 3 is 2.62 bits per heavy atom. The minimum Gasteiger partial charge on any atom is -0.355 e.